The standard InChI is InChI=1S/C15H27NS/c1-12(2)15(5,11-16-13(3)4)9-8-14-7-6-10-17-14/h6-7,10,12-13,16H,8-9,11H2,1-5H3. The first-order valence-corrected chi connectivity index (χ1v) is 7.58. The van der Waals surface area contributed by atoms with Crippen LogP contribution >= 0.6 is 11.3 Å². The third-order valence-electron chi connectivity index (χ3n) is 3.83. The molecule has 98 valence electrons. The average Bonchev–Trinajstić information content (AvgIpc) is 2.76. The maximum atomic E-state index is 3.60. The Hall–Kier alpha value is -0.340. The van der Waals surface area contributed by atoms with Crippen molar-refractivity contribution in [2.75, 3.05) is 6.54 Å². The highest BCUT2D eigenvalue weighted by Crippen LogP contribution is 2.32. The van der Waals surface area contributed by atoms with Crippen LogP contribution in [0.5, 0.6) is 0 Å². The van der Waals surface area contributed by atoms with Gasteiger partial charge in [-0.2, -0.15) is 0 Å². The van der Waals surface area contributed by atoms with Gasteiger partial charge in [0.1, 0.15) is 0 Å². The molecular weight excluding hydrogens is 226 g/mol. The quantitative estimate of drug-likeness (QED) is 0.762. The van der Waals surface area contributed by atoms with Crippen LogP contribution in [0.2, 0.25) is 0 Å². The molecule has 1 rings (SSSR count). The molecule has 1 atom stereocenters. The van der Waals surface area contributed by atoms with E-state index in [2.05, 4.69) is 57.4 Å². The predicted molar refractivity (Wildman–Crippen MR) is 78.7 cm³/mol. The minimum absolute atomic E-state index is 0.397. The fourth-order valence-corrected chi connectivity index (χ4v) is 2.59. The van der Waals surface area contributed by atoms with Crippen molar-refractivity contribution in [3.8, 4) is 0 Å². The van der Waals surface area contributed by atoms with E-state index in [1.54, 1.807) is 0 Å². The van der Waals surface area contributed by atoms with Crippen LogP contribution in [0, 0.1) is 11.3 Å². The number of hydrogen-bond donors (Lipinski definition) is 1. The second-order valence-electron chi connectivity index (χ2n) is 5.92. The number of rotatable bonds is 7. The van der Waals surface area contributed by atoms with Gasteiger partial charge in [0.2, 0.25) is 0 Å². The number of thiophene rings is 1. The predicted octanol–water partition coefficient (Wildman–Crippen LogP) is 4.34. The van der Waals surface area contributed by atoms with Crippen molar-refractivity contribution in [3.05, 3.63) is 22.4 Å². The van der Waals surface area contributed by atoms with Gasteiger partial charge in [-0.25, -0.2) is 0 Å². The van der Waals surface area contributed by atoms with Crippen LogP contribution in [0.15, 0.2) is 17.5 Å². The second kappa shape index (κ2) is 6.55. The first-order chi connectivity index (χ1) is 7.94. The maximum absolute atomic E-state index is 3.60. The third-order valence-corrected chi connectivity index (χ3v) is 4.77. The minimum Gasteiger partial charge on any atom is -0.314 e. The molecule has 0 aliphatic heterocycles. The van der Waals surface area contributed by atoms with E-state index in [1.165, 1.54) is 17.7 Å². The van der Waals surface area contributed by atoms with Crippen LogP contribution in [-0.2, 0) is 6.42 Å². The molecule has 0 spiro atoms. The lowest BCUT2D eigenvalue weighted by molar-refractivity contribution is 0.187. The minimum atomic E-state index is 0.397. The second-order valence-corrected chi connectivity index (χ2v) is 6.96. The van der Waals surface area contributed by atoms with Crippen molar-refractivity contribution < 1.29 is 0 Å². The summed E-state index contributed by atoms with van der Waals surface area (Å²) in [5, 5.41) is 5.78. The van der Waals surface area contributed by atoms with Gasteiger partial charge in [-0.1, -0.05) is 40.7 Å². The fourth-order valence-electron chi connectivity index (χ4n) is 1.88. The van der Waals surface area contributed by atoms with Gasteiger partial charge in [0, 0.05) is 17.5 Å². The Kier molecular flexibility index (Phi) is 5.68. The molecule has 1 unspecified atom stereocenters. The first kappa shape index (κ1) is 14.7. The van der Waals surface area contributed by atoms with Crippen LogP contribution in [0.3, 0.4) is 0 Å². The van der Waals surface area contributed by atoms with Gasteiger partial charge in [-0.05, 0) is 35.6 Å². The van der Waals surface area contributed by atoms with Crippen molar-refractivity contribution in [1.29, 1.82) is 0 Å². The molecule has 0 saturated heterocycles. The summed E-state index contributed by atoms with van der Waals surface area (Å²) in [6.45, 7) is 12.7. The van der Waals surface area contributed by atoms with Crippen LogP contribution in [0.1, 0.15) is 45.9 Å². The molecule has 0 aliphatic rings. The maximum Gasteiger partial charge on any atom is 0.00454 e. The van der Waals surface area contributed by atoms with Crippen LogP contribution in [0.4, 0.5) is 0 Å². The molecule has 0 fully saturated rings. The molecular formula is C15H27NS. The van der Waals surface area contributed by atoms with E-state index in [4.69, 9.17) is 0 Å². The van der Waals surface area contributed by atoms with Crippen molar-refractivity contribution >= 4 is 11.3 Å². The molecule has 17 heavy (non-hydrogen) atoms. The summed E-state index contributed by atoms with van der Waals surface area (Å²) in [5.41, 5.74) is 0.397. The molecule has 0 aromatic carbocycles. The van der Waals surface area contributed by atoms with Crippen molar-refractivity contribution in [3.63, 3.8) is 0 Å². The molecule has 1 aromatic heterocycles. The van der Waals surface area contributed by atoms with Gasteiger partial charge < -0.3 is 5.32 Å². The monoisotopic (exact) mass is 253 g/mol. The normalized spacial score (nSPS) is 15.5. The van der Waals surface area contributed by atoms with Gasteiger partial charge in [-0.3, -0.25) is 0 Å². The summed E-state index contributed by atoms with van der Waals surface area (Å²) in [6.07, 6.45) is 2.48. The van der Waals surface area contributed by atoms with Gasteiger partial charge in [0.25, 0.3) is 0 Å². The van der Waals surface area contributed by atoms with E-state index in [1.807, 2.05) is 11.3 Å². The largest absolute Gasteiger partial charge is 0.314 e. The Morgan fingerprint density at radius 1 is 1.29 bits per heavy atom. The van der Waals surface area contributed by atoms with E-state index in [9.17, 15) is 0 Å². The Morgan fingerprint density at radius 3 is 2.47 bits per heavy atom. The lowest BCUT2D eigenvalue weighted by Gasteiger charge is -2.35. The van der Waals surface area contributed by atoms with E-state index in [-0.39, 0.29) is 0 Å². The lowest BCUT2D eigenvalue weighted by Crippen LogP contribution is -2.39. The van der Waals surface area contributed by atoms with E-state index in [0.717, 1.165) is 6.54 Å². The van der Waals surface area contributed by atoms with Gasteiger partial charge in [-0.15, -0.1) is 11.3 Å². The molecule has 1 nitrogen and oxygen atoms in total. The molecule has 0 bridgehead atoms. The summed E-state index contributed by atoms with van der Waals surface area (Å²) >= 11 is 1.88. The van der Waals surface area contributed by atoms with E-state index >= 15 is 0 Å². The van der Waals surface area contributed by atoms with E-state index < -0.39 is 0 Å². The molecule has 2 heteroatoms. The first-order valence-electron chi connectivity index (χ1n) is 6.70. The molecule has 0 aliphatic carbocycles. The fraction of sp³-hybridized carbons (Fsp3) is 0.733. The summed E-state index contributed by atoms with van der Waals surface area (Å²) in [7, 11) is 0. The van der Waals surface area contributed by atoms with Crippen LogP contribution < -0.4 is 5.32 Å². The van der Waals surface area contributed by atoms with Crippen molar-refractivity contribution in [2.45, 2.75) is 53.5 Å². The number of aryl methyl sites for hydroxylation is 1. The highest BCUT2D eigenvalue weighted by Gasteiger charge is 2.27. The summed E-state index contributed by atoms with van der Waals surface area (Å²) < 4.78 is 0. The van der Waals surface area contributed by atoms with Gasteiger partial charge in [0.15, 0.2) is 0 Å². The zero-order valence-corrected chi connectivity index (χ0v) is 12.7. The average molecular weight is 253 g/mol. The number of hydrogen-bond acceptors (Lipinski definition) is 2. The molecule has 1 N–H and O–H groups in total. The zero-order valence-electron chi connectivity index (χ0n) is 11.9. The highest BCUT2D eigenvalue weighted by atomic mass is 32.1. The Bertz CT molecular complexity index is 303. The highest BCUT2D eigenvalue weighted by molar-refractivity contribution is 7.09. The summed E-state index contributed by atoms with van der Waals surface area (Å²) in [5.74, 6) is 0.716. The van der Waals surface area contributed by atoms with E-state index in [0.29, 0.717) is 17.4 Å². The van der Waals surface area contributed by atoms with Crippen molar-refractivity contribution in [1.82, 2.24) is 5.32 Å². The Morgan fingerprint density at radius 2 is 2.00 bits per heavy atom. The molecule has 0 radical (unpaired) electrons. The summed E-state index contributed by atoms with van der Waals surface area (Å²) in [4.78, 5) is 1.52. The zero-order chi connectivity index (χ0) is 12.9. The summed E-state index contributed by atoms with van der Waals surface area (Å²) in [6, 6.07) is 4.98. The smallest absolute Gasteiger partial charge is 0.00454 e. The molecule has 1 aromatic rings. The molecule has 0 amide bonds. The SMILES string of the molecule is CC(C)NCC(C)(CCc1cccs1)C(C)C. The van der Waals surface area contributed by atoms with Crippen LogP contribution in [0.25, 0.3) is 0 Å². The third kappa shape index (κ3) is 4.81. The van der Waals surface area contributed by atoms with Crippen molar-refractivity contribution in [2.24, 2.45) is 11.3 Å². The Labute approximate surface area is 111 Å². The lowest BCUT2D eigenvalue weighted by atomic mass is 9.75. The number of nitrogens with one attached hydrogen (secondary N) is 1. The molecule has 0 saturated carbocycles. The molecule has 1 heterocycles. The van der Waals surface area contributed by atoms with Crippen LogP contribution in [-0.4, -0.2) is 12.6 Å². The topological polar surface area (TPSA) is 12.0 Å². The Balaban J connectivity index is 2.52. The van der Waals surface area contributed by atoms with Gasteiger partial charge >= 0.3 is 0 Å². The van der Waals surface area contributed by atoms with Gasteiger partial charge in [0.05, 0.1) is 0 Å².